The van der Waals surface area contributed by atoms with Crippen LogP contribution in [0.5, 0.6) is 0 Å². The topological polar surface area (TPSA) is 91.1 Å². The fraction of sp³-hybridized carbons (Fsp3) is 0.231. The first-order valence-electron chi connectivity index (χ1n) is 5.73. The Labute approximate surface area is 155 Å². The van der Waals surface area contributed by atoms with Crippen LogP contribution in [0.3, 0.4) is 0 Å². The molecule has 5 nitrogen and oxygen atoms in total. The Hall–Kier alpha value is -0.630. The van der Waals surface area contributed by atoms with Crippen LogP contribution in [0, 0.1) is 6.92 Å². The number of nitrogens with zero attached hydrogens (tertiary/aromatic N) is 1. The van der Waals surface area contributed by atoms with Crippen LogP contribution in [0.1, 0.15) is 11.3 Å². The Balaban J connectivity index is 0.00000128. The molecule has 2 aromatic rings. The number of primary amides is 1. The van der Waals surface area contributed by atoms with Gasteiger partial charge in [-0.2, -0.15) is 11.5 Å². The van der Waals surface area contributed by atoms with Crippen LogP contribution in [-0.4, -0.2) is 17.4 Å². The van der Waals surface area contributed by atoms with Crippen molar-refractivity contribution in [3.63, 3.8) is 0 Å². The van der Waals surface area contributed by atoms with Gasteiger partial charge in [-0.1, -0.05) is 23.7 Å². The monoisotopic (exact) mass is 335 g/mol. The number of amides is 1. The summed E-state index contributed by atoms with van der Waals surface area (Å²) < 4.78 is 4.16. The molecule has 21 heavy (non-hydrogen) atoms. The Morgan fingerprint density at radius 2 is 1.95 bits per heavy atom. The normalized spacial score (nSPS) is 9.14. The Morgan fingerprint density at radius 1 is 1.38 bits per heavy atom. The van der Waals surface area contributed by atoms with Crippen LogP contribution >= 0.6 is 23.1 Å². The summed E-state index contributed by atoms with van der Waals surface area (Å²) in [5.74, 6) is -0.336. The molecule has 0 unspecified atom stereocenters. The van der Waals surface area contributed by atoms with Gasteiger partial charge in [0.15, 0.2) is 0 Å². The molecule has 0 saturated heterocycles. The smallest absolute Gasteiger partial charge is 0.857 e. The Morgan fingerprint density at radius 3 is 2.38 bits per heavy atom. The largest absolute Gasteiger partial charge is 1.00 e. The molecule has 1 aromatic carbocycles. The summed E-state index contributed by atoms with van der Waals surface area (Å²) in [6.07, 6.45) is 0.251. The number of nitrogens with one attached hydrogen (secondary N) is 1. The van der Waals surface area contributed by atoms with Gasteiger partial charge < -0.3 is 16.2 Å². The number of benzene rings is 1. The number of hydrogen-bond donors (Lipinski definition) is 2. The molecular weight excluding hydrogens is 321 g/mol. The van der Waals surface area contributed by atoms with E-state index >= 15 is 0 Å². The van der Waals surface area contributed by atoms with E-state index in [1.807, 2.05) is 31.2 Å². The van der Waals surface area contributed by atoms with Crippen molar-refractivity contribution in [2.24, 2.45) is 5.73 Å². The third kappa shape index (κ3) is 6.34. The molecule has 3 N–H and O–H groups in total. The first-order valence-corrected chi connectivity index (χ1v) is 6.88. The average molecular weight is 336 g/mol. The molecule has 2 rings (SSSR count). The molecule has 0 spiro atoms. The molecule has 0 fully saturated rings. The number of rotatable bonds is 4. The van der Waals surface area contributed by atoms with Crippen molar-refractivity contribution in [3.05, 3.63) is 40.5 Å². The molecular formula is C13H15ClN3NaO2S. The van der Waals surface area contributed by atoms with E-state index in [2.05, 4.69) is 9.69 Å². The van der Waals surface area contributed by atoms with Crippen LogP contribution in [-0.2, 0) is 11.2 Å². The number of carbonyl (C=O) groups excluding carboxylic acids is 1. The number of carbonyl (C=O) groups is 1. The first kappa shape index (κ1) is 20.4. The van der Waals surface area contributed by atoms with Gasteiger partial charge in [-0.25, -0.2) is 0 Å². The van der Waals surface area contributed by atoms with Gasteiger partial charge in [0.1, 0.15) is 5.00 Å². The maximum Gasteiger partial charge on any atom is 1.00 e. The molecule has 0 atom stereocenters. The van der Waals surface area contributed by atoms with Crippen LogP contribution in [0.4, 0.5) is 10.7 Å². The predicted octanol–water partition coefficient (Wildman–Crippen LogP) is -1.14. The number of hydrogen-bond acceptors (Lipinski definition) is 5. The van der Waals surface area contributed by atoms with Crippen molar-refractivity contribution in [2.45, 2.75) is 13.3 Å². The molecule has 0 aliphatic carbocycles. The number of aromatic nitrogens is 1. The Bertz CT molecular complexity index is 575. The molecule has 0 aliphatic heterocycles. The van der Waals surface area contributed by atoms with Gasteiger partial charge in [-0.15, -0.1) is 0 Å². The van der Waals surface area contributed by atoms with Crippen LogP contribution in [0.15, 0.2) is 24.3 Å². The van der Waals surface area contributed by atoms with Gasteiger partial charge in [0.05, 0.1) is 17.1 Å². The minimum Gasteiger partial charge on any atom is -0.857 e. The summed E-state index contributed by atoms with van der Waals surface area (Å²) in [7, 11) is 0.750. The molecule has 108 valence electrons. The van der Waals surface area contributed by atoms with E-state index in [4.69, 9.17) is 22.4 Å². The molecule has 1 heterocycles. The third-order valence-corrected chi connectivity index (χ3v) is 3.81. The molecule has 0 radical (unpaired) electrons. The maximum atomic E-state index is 10.8. The third-order valence-electron chi connectivity index (χ3n) is 2.38. The minimum atomic E-state index is -0.336. The fourth-order valence-corrected chi connectivity index (χ4v) is 2.43. The average Bonchev–Trinajstić information content (AvgIpc) is 2.75. The quantitative estimate of drug-likeness (QED) is 0.691. The minimum absolute atomic E-state index is 0. The zero-order chi connectivity index (χ0) is 15.1. The van der Waals surface area contributed by atoms with Gasteiger partial charge in [0.2, 0.25) is 5.91 Å². The summed E-state index contributed by atoms with van der Waals surface area (Å²) in [5.41, 5.74) is 7.73. The molecule has 0 saturated carbocycles. The van der Waals surface area contributed by atoms with Crippen molar-refractivity contribution in [1.29, 1.82) is 0 Å². The van der Waals surface area contributed by atoms with Crippen LogP contribution in [0.25, 0.3) is 0 Å². The van der Waals surface area contributed by atoms with Gasteiger partial charge >= 0.3 is 29.6 Å². The van der Waals surface area contributed by atoms with E-state index < -0.39 is 0 Å². The summed E-state index contributed by atoms with van der Waals surface area (Å²) >= 11 is 7.40. The Kier molecular flexibility index (Phi) is 9.85. The van der Waals surface area contributed by atoms with Gasteiger partial charge in [-0.05, 0) is 36.2 Å². The van der Waals surface area contributed by atoms with Crippen molar-refractivity contribution < 1.29 is 39.5 Å². The number of nitrogens with two attached hydrogens (primary N) is 1. The predicted molar refractivity (Wildman–Crippen MR) is 80.4 cm³/mol. The van der Waals surface area contributed by atoms with E-state index in [0.717, 1.165) is 29.1 Å². The second-order valence-corrected chi connectivity index (χ2v) is 5.03. The van der Waals surface area contributed by atoms with Crippen molar-refractivity contribution >= 4 is 39.7 Å². The SMILES string of the molecule is C[O-].Cc1nsc(Nc2ccc(CC(N)=O)cc2)c1Cl.[Na+]. The zero-order valence-electron chi connectivity index (χ0n) is 12.1. The summed E-state index contributed by atoms with van der Waals surface area (Å²) in [6, 6.07) is 7.47. The van der Waals surface area contributed by atoms with Gasteiger partial charge in [0, 0.05) is 5.69 Å². The second-order valence-electron chi connectivity index (χ2n) is 3.88. The molecule has 1 amide bonds. The molecule has 0 bridgehead atoms. The summed E-state index contributed by atoms with van der Waals surface area (Å²) in [6.45, 7) is 1.86. The van der Waals surface area contributed by atoms with E-state index in [0.29, 0.717) is 5.02 Å². The zero-order valence-corrected chi connectivity index (χ0v) is 15.7. The van der Waals surface area contributed by atoms with Gasteiger partial charge in [0.25, 0.3) is 0 Å². The van der Waals surface area contributed by atoms with Crippen molar-refractivity contribution in [3.8, 4) is 0 Å². The molecule has 0 aliphatic rings. The second kappa shape index (κ2) is 10.2. The first-order chi connectivity index (χ1) is 9.56. The number of anilines is 2. The summed E-state index contributed by atoms with van der Waals surface area (Å²) in [5, 5.41) is 12.9. The van der Waals surface area contributed by atoms with Crippen LogP contribution in [0.2, 0.25) is 5.02 Å². The van der Waals surface area contributed by atoms with Crippen molar-refractivity contribution in [2.75, 3.05) is 12.4 Å². The fourth-order valence-electron chi connectivity index (χ4n) is 1.47. The van der Waals surface area contributed by atoms with E-state index in [9.17, 15) is 4.79 Å². The van der Waals surface area contributed by atoms with Crippen LogP contribution < -0.4 is 45.7 Å². The summed E-state index contributed by atoms with van der Waals surface area (Å²) in [4.78, 5) is 10.8. The number of halogens is 1. The van der Waals surface area contributed by atoms with E-state index in [1.165, 1.54) is 11.5 Å². The van der Waals surface area contributed by atoms with E-state index in [1.54, 1.807) is 0 Å². The standard InChI is InChI=1S/C12H12ClN3OS.CH3O.Na/c1-7-11(13)12(18-16-7)15-9-4-2-8(3-5-9)6-10(14)17;1-2;/h2-5,15H,6H2,1H3,(H2,14,17);1H3;/q;-1;+1. The maximum absolute atomic E-state index is 10.8. The van der Waals surface area contributed by atoms with Crippen molar-refractivity contribution in [1.82, 2.24) is 4.37 Å². The number of aryl methyl sites for hydroxylation is 1. The molecule has 1 aromatic heterocycles. The van der Waals surface area contributed by atoms with Gasteiger partial charge in [-0.3, -0.25) is 4.79 Å². The molecule has 8 heteroatoms. The van der Waals surface area contributed by atoms with E-state index in [-0.39, 0.29) is 41.9 Å².